The van der Waals surface area contributed by atoms with Gasteiger partial charge in [0.25, 0.3) is 0 Å². The molecule has 0 aliphatic rings. The van der Waals surface area contributed by atoms with E-state index in [9.17, 15) is 17.6 Å². The largest absolute Gasteiger partial charge is 0.467 e. The lowest BCUT2D eigenvalue weighted by Crippen LogP contribution is -2.09. The number of halogens is 1. The molecule has 124 valence electrons. The minimum Gasteiger partial charge on any atom is -0.467 e. The Balaban J connectivity index is 2.19. The van der Waals surface area contributed by atoms with Crippen molar-refractivity contribution >= 4 is 21.5 Å². The van der Waals surface area contributed by atoms with Gasteiger partial charge in [-0.05, 0) is 31.2 Å². The SMILES string of the molecule is CCOC(=O)c1ccoc1CNc1cc(S(C)(=O)=O)ccc1F. The molecule has 0 amide bonds. The van der Waals surface area contributed by atoms with Crippen LogP contribution in [0.1, 0.15) is 23.0 Å². The van der Waals surface area contributed by atoms with Crippen LogP contribution in [0.4, 0.5) is 10.1 Å². The van der Waals surface area contributed by atoms with Crippen LogP contribution >= 0.6 is 0 Å². The molecule has 1 heterocycles. The minimum absolute atomic E-state index is 0.000802. The van der Waals surface area contributed by atoms with Gasteiger partial charge in [-0.25, -0.2) is 17.6 Å². The van der Waals surface area contributed by atoms with Gasteiger partial charge in [0.1, 0.15) is 17.1 Å². The summed E-state index contributed by atoms with van der Waals surface area (Å²) >= 11 is 0. The lowest BCUT2D eigenvalue weighted by Gasteiger charge is -2.09. The van der Waals surface area contributed by atoms with Gasteiger partial charge in [0, 0.05) is 6.26 Å². The molecule has 0 saturated carbocycles. The monoisotopic (exact) mass is 341 g/mol. The van der Waals surface area contributed by atoms with Gasteiger partial charge in [-0.15, -0.1) is 0 Å². The lowest BCUT2D eigenvalue weighted by molar-refractivity contribution is 0.0524. The van der Waals surface area contributed by atoms with Crippen LogP contribution < -0.4 is 5.32 Å². The molecule has 1 aromatic carbocycles. The highest BCUT2D eigenvalue weighted by molar-refractivity contribution is 7.90. The first-order valence-corrected chi connectivity index (χ1v) is 8.69. The maximum absolute atomic E-state index is 13.8. The van der Waals surface area contributed by atoms with Crippen LogP contribution in [-0.2, 0) is 21.1 Å². The van der Waals surface area contributed by atoms with Gasteiger partial charge in [0.2, 0.25) is 0 Å². The predicted octanol–water partition coefficient (Wildman–Crippen LogP) is 2.61. The van der Waals surface area contributed by atoms with Crippen molar-refractivity contribution in [1.29, 1.82) is 0 Å². The first-order chi connectivity index (χ1) is 10.8. The average Bonchev–Trinajstić information content (AvgIpc) is 2.94. The van der Waals surface area contributed by atoms with Crippen LogP contribution in [0.15, 0.2) is 39.8 Å². The maximum atomic E-state index is 13.8. The van der Waals surface area contributed by atoms with Crippen molar-refractivity contribution in [3.05, 3.63) is 47.7 Å². The standard InChI is InChI=1S/C15H16FNO5S/c1-3-21-15(18)11-6-7-22-14(11)9-17-13-8-10(23(2,19)20)4-5-12(13)16/h4-8,17H,3,9H2,1-2H3. The molecule has 2 aromatic rings. The Morgan fingerprint density at radius 1 is 1.35 bits per heavy atom. The quantitative estimate of drug-likeness (QED) is 0.642. The van der Waals surface area contributed by atoms with E-state index in [1.807, 2.05) is 0 Å². The smallest absolute Gasteiger partial charge is 0.341 e. The van der Waals surface area contributed by atoms with Gasteiger partial charge in [0.05, 0.1) is 30.0 Å². The molecule has 0 saturated heterocycles. The third-order valence-corrected chi connectivity index (χ3v) is 4.16. The van der Waals surface area contributed by atoms with Crippen molar-refractivity contribution in [3.8, 4) is 0 Å². The van der Waals surface area contributed by atoms with Crippen molar-refractivity contribution in [1.82, 2.24) is 0 Å². The van der Waals surface area contributed by atoms with Crippen molar-refractivity contribution in [2.45, 2.75) is 18.4 Å². The highest BCUT2D eigenvalue weighted by atomic mass is 32.2. The van der Waals surface area contributed by atoms with E-state index >= 15 is 0 Å². The molecule has 0 unspecified atom stereocenters. The molecule has 0 fully saturated rings. The number of rotatable bonds is 6. The molecule has 0 aliphatic heterocycles. The molecule has 0 atom stereocenters. The Hall–Kier alpha value is -2.35. The van der Waals surface area contributed by atoms with Crippen LogP contribution in [0.25, 0.3) is 0 Å². The zero-order chi connectivity index (χ0) is 17.0. The van der Waals surface area contributed by atoms with Gasteiger partial charge in [-0.1, -0.05) is 0 Å². The summed E-state index contributed by atoms with van der Waals surface area (Å²) in [5.74, 6) is -0.877. The minimum atomic E-state index is -3.45. The highest BCUT2D eigenvalue weighted by Gasteiger charge is 2.16. The fourth-order valence-electron chi connectivity index (χ4n) is 1.91. The number of esters is 1. The number of hydrogen-bond acceptors (Lipinski definition) is 6. The van der Waals surface area contributed by atoms with Gasteiger partial charge >= 0.3 is 5.97 Å². The van der Waals surface area contributed by atoms with E-state index in [1.54, 1.807) is 6.92 Å². The summed E-state index contributed by atoms with van der Waals surface area (Å²) in [6, 6.07) is 4.90. The number of carbonyl (C=O) groups is 1. The normalized spacial score (nSPS) is 11.3. The van der Waals surface area contributed by atoms with Crippen molar-refractivity contribution in [2.75, 3.05) is 18.2 Å². The van der Waals surface area contributed by atoms with Crippen LogP contribution in [0.3, 0.4) is 0 Å². The Kier molecular flexibility index (Phi) is 5.05. The first-order valence-electron chi connectivity index (χ1n) is 6.80. The molecule has 23 heavy (non-hydrogen) atoms. The van der Waals surface area contributed by atoms with Crippen LogP contribution in [0.2, 0.25) is 0 Å². The Bertz CT molecular complexity index is 813. The van der Waals surface area contributed by atoms with E-state index < -0.39 is 21.6 Å². The topological polar surface area (TPSA) is 85.6 Å². The van der Waals surface area contributed by atoms with Gasteiger partial charge in [-0.3, -0.25) is 0 Å². The number of anilines is 1. The van der Waals surface area contributed by atoms with Crippen LogP contribution in [-0.4, -0.2) is 27.2 Å². The summed E-state index contributed by atoms with van der Waals surface area (Å²) in [5, 5.41) is 2.72. The Morgan fingerprint density at radius 3 is 2.74 bits per heavy atom. The van der Waals surface area contributed by atoms with E-state index in [4.69, 9.17) is 9.15 Å². The molecule has 1 aromatic heterocycles. The number of furan rings is 1. The highest BCUT2D eigenvalue weighted by Crippen LogP contribution is 2.21. The molecule has 6 nitrogen and oxygen atoms in total. The molecular formula is C15H16FNO5S. The number of carbonyl (C=O) groups excluding carboxylic acids is 1. The second-order valence-electron chi connectivity index (χ2n) is 4.75. The van der Waals surface area contributed by atoms with Gasteiger partial charge < -0.3 is 14.5 Å². The van der Waals surface area contributed by atoms with Crippen molar-refractivity contribution in [2.24, 2.45) is 0 Å². The number of sulfone groups is 1. The van der Waals surface area contributed by atoms with E-state index in [0.29, 0.717) is 0 Å². The van der Waals surface area contributed by atoms with Crippen molar-refractivity contribution in [3.63, 3.8) is 0 Å². The summed E-state index contributed by atoms with van der Waals surface area (Å²) in [6.45, 7) is 1.91. The third-order valence-electron chi connectivity index (χ3n) is 3.05. The van der Waals surface area contributed by atoms with Crippen LogP contribution in [0, 0.1) is 5.82 Å². The molecule has 2 rings (SSSR count). The molecule has 0 spiro atoms. The molecule has 8 heteroatoms. The summed E-state index contributed by atoms with van der Waals surface area (Å²) < 4.78 is 46.9. The average molecular weight is 341 g/mol. The summed E-state index contributed by atoms with van der Waals surface area (Å²) in [7, 11) is -3.45. The summed E-state index contributed by atoms with van der Waals surface area (Å²) in [4.78, 5) is 11.7. The second kappa shape index (κ2) is 6.82. The van der Waals surface area contributed by atoms with Crippen molar-refractivity contribution < 1.29 is 26.8 Å². The Morgan fingerprint density at radius 2 is 2.09 bits per heavy atom. The van der Waals surface area contributed by atoms with Gasteiger partial charge in [-0.2, -0.15) is 0 Å². The molecular weight excluding hydrogens is 325 g/mol. The zero-order valence-electron chi connectivity index (χ0n) is 12.6. The molecule has 0 bridgehead atoms. The maximum Gasteiger partial charge on any atom is 0.341 e. The number of nitrogens with one attached hydrogen (secondary N) is 1. The number of ether oxygens (including phenoxy) is 1. The lowest BCUT2D eigenvalue weighted by atomic mass is 10.2. The van der Waals surface area contributed by atoms with E-state index in [-0.39, 0.29) is 35.1 Å². The van der Waals surface area contributed by atoms with E-state index in [1.165, 1.54) is 24.5 Å². The zero-order valence-corrected chi connectivity index (χ0v) is 13.4. The molecule has 0 radical (unpaired) electrons. The summed E-state index contributed by atoms with van der Waals surface area (Å²) in [6.07, 6.45) is 2.36. The number of benzene rings is 1. The van der Waals surface area contributed by atoms with Gasteiger partial charge in [0.15, 0.2) is 9.84 Å². The molecule has 1 N–H and O–H groups in total. The first kappa shape index (κ1) is 17.0. The third kappa shape index (κ3) is 4.10. The second-order valence-corrected chi connectivity index (χ2v) is 6.76. The summed E-state index contributed by atoms with van der Waals surface area (Å²) in [5.41, 5.74) is 0.234. The molecule has 0 aliphatic carbocycles. The van der Waals surface area contributed by atoms with E-state index in [2.05, 4.69) is 5.32 Å². The Labute approximate surface area is 133 Å². The fourth-order valence-corrected chi connectivity index (χ4v) is 2.56. The van der Waals surface area contributed by atoms with E-state index in [0.717, 1.165) is 12.3 Å². The predicted molar refractivity (Wildman–Crippen MR) is 81.5 cm³/mol. The number of hydrogen-bond donors (Lipinski definition) is 1. The van der Waals surface area contributed by atoms with Crippen LogP contribution in [0.5, 0.6) is 0 Å². The fraction of sp³-hybridized carbons (Fsp3) is 0.267.